The number of rotatable bonds is 8. The van der Waals surface area contributed by atoms with Crippen LogP contribution in [-0.2, 0) is 0 Å². The van der Waals surface area contributed by atoms with E-state index in [2.05, 4.69) is 63.2 Å². The van der Waals surface area contributed by atoms with E-state index in [9.17, 15) is 0 Å². The van der Waals surface area contributed by atoms with Gasteiger partial charge >= 0.3 is 0 Å². The van der Waals surface area contributed by atoms with Crippen molar-refractivity contribution in [3.63, 3.8) is 0 Å². The van der Waals surface area contributed by atoms with Crippen molar-refractivity contribution < 1.29 is 0 Å². The molecule has 2 aromatic heterocycles. The van der Waals surface area contributed by atoms with E-state index >= 15 is 0 Å². The molecule has 1 aliphatic heterocycles. The number of hydrogen-bond donors (Lipinski definition) is 1. The van der Waals surface area contributed by atoms with E-state index in [1.165, 1.54) is 35.7 Å². The molecule has 4 rings (SSSR count). The van der Waals surface area contributed by atoms with E-state index in [-0.39, 0.29) is 0 Å². The Morgan fingerprint density at radius 2 is 1.90 bits per heavy atom. The summed E-state index contributed by atoms with van der Waals surface area (Å²) in [6.45, 7) is 5.51. The summed E-state index contributed by atoms with van der Waals surface area (Å²) in [5.74, 6) is 0.591. The molecule has 0 unspecified atom stereocenters. The predicted octanol–water partition coefficient (Wildman–Crippen LogP) is 4.36. The van der Waals surface area contributed by atoms with E-state index in [4.69, 9.17) is 11.6 Å². The lowest BCUT2D eigenvalue weighted by atomic mass is 9.89. The maximum Gasteiger partial charge on any atom is 0.0715 e. The van der Waals surface area contributed by atoms with Gasteiger partial charge in [0.25, 0.3) is 0 Å². The van der Waals surface area contributed by atoms with Crippen LogP contribution in [0.4, 0.5) is 0 Å². The van der Waals surface area contributed by atoms with Crippen molar-refractivity contribution in [2.75, 3.05) is 46.9 Å². The van der Waals surface area contributed by atoms with Gasteiger partial charge in [0, 0.05) is 35.2 Å². The average Bonchev–Trinajstić information content (AvgIpc) is 3.14. The summed E-state index contributed by atoms with van der Waals surface area (Å²) in [6.07, 6.45) is 9.78. The zero-order valence-corrected chi connectivity index (χ0v) is 18.8. The molecule has 1 aliphatic rings. The van der Waals surface area contributed by atoms with Crippen molar-refractivity contribution in [3.8, 4) is 5.69 Å². The topological polar surface area (TPSA) is 36.3 Å². The van der Waals surface area contributed by atoms with Crippen LogP contribution in [0.2, 0.25) is 5.02 Å². The summed E-state index contributed by atoms with van der Waals surface area (Å²) in [6, 6.07) is 10.2. The number of halogens is 1. The zero-order valence-electron chi connectivity index (χ0n) is 18.0. The Balaban J connectivity index is 1.42. The Hall–Kier alpha value is -1.92. The van der Waals surface area contributed by atoms with Gasteiger partial charge in [-0.25, -0.2) is 0 Å². The van der Waals surface area contributed by atoms with Gasteiger partial charge in [-0.1, -0.05) is 11.6 Å². The van der Waals surface area contributed by atoms with Crippen molar-refractivity contribution in [2.45, 2.75) is 25.2 Å². The van der Waals surface area contributed by atoms with Crippen molar-refractivity contribution in [1.29, 1.82) is 0 Å². The van der Waals surface area contributed by atoms with Gasteiger partial charge in [0.1, 0.15) is 0 Å². The van der Waals surface area contributed by atoms with Crippen LogP contribution in [0.3, 0.4) is 0 Å². The number of aromatic nitrogens is 2. The summed E-state index contributed by atoms with van der Waals surface area (Å²) in [5.41, 5.74) is 3.74. The quantitative estimate of drug-likeness (QED) is 0.544. The zero-order chi connectivity index (χ0) is 20.9. The highest BCUT2D eigenvalue weighted by Gasteiger charge is 2.24. The number of piperidine rings is 1. The smallest absolute Gasteiger partial charge is 0.0715 e. The van der Waals surface area contributed by atoms with Crippen LogP contribution in [0.5, 0.6) is 0 Å². The molecule has 1 N–H and O–H groups in total. The van der Waals surface area contributed by atoms with Crippen LogP contribution in [-0.4, -0.2) is 66.3 Å². The molecule has 0 amide bonds. The van der Waals surface area contributed by atoms with Gasteiger partial charge in [-0.05, 0) is 101 Å². The first-order valence-corrected chi connectivity index (χ1v) is 11.3. The molecule has 160 valence electrons. The van der Waals surface area contributed by atoms with Gasteiger partial charge in [0.2, 0.25) is 0 Å². The highest BCUT2D eigenvalue weighted by molar-refractivity contribution is 6.30. The average molecular weight is 426 g/mol. The Morgan fingerprint density at radius 1 is 1.13 bits per heavy atom. The molecule has 1 aromatic carbocycles. The third-order valence-corrected chi connectivity index (χ3v) is 6.32. The van der Waals surface area contributed by atoms with Gasteiger partial charge in [-0.15, -0.1) is 0 Å². The van der Waals surface area contributed by atoms with Crippen LogP contribution in [0.15, 0.2) is 48.9 Å². The maximum atomic E-state index is 6.09. The molecule has 1 fully saturated rings. The third kappa shape index (κ3) is 5.03. The number of nitrogens with one attached hydrogen (secondary N) is 1. The number of hydrogen-bond acceptors (Lipinski definition) is 4. The molecule has 0 radical (unpaired) electrons. The van der Waals surface area contributed by atoms with E-state index in [0.717, 1.165) is 43.6 Å². The van der Waals surface area contributed by atoms with Crippen LogP contribution in [0, 0.1) is 0 Å². The second-order valence-electron chi connectivity index (χ2n) is 8.53. The third-order valence-electron chi connectivity index (χ3n) is 6.07. The van der Waals surface area contributed by atoms with Gasteiger partial charge in [0.05, 0.1) is 11.7 Å². The molecule has 0 bridgehead atoms. The standard InChI is InChI=1S/C24H32ClN5/c1-28(2)13-3-11-27-18-29-14-9-19(10-15-29)23-17-30(21-6-4-20(25)5-7-21)24-16-26-12-8-22(23)24/h4-8,12,16-17,19,27H,3,9-11,13-15,18H2,1-2H3. The van der Waals surface area contributed by atoms with E-state index in [1.54, 1.807) is 0 Å². The van der Waals surface area contributed by atoms with Crippen LogP contribution in [0.25, 0.3) is 16.6 Å². The Bertz CT molecular complexity index is 942. The van der Waals surface area contributed by atoms with Crippen LogP contribution >= 0.6 is 11.6 Å². The fourth-order valence-corrected chi connectivity index (χ4v) is 4.53. The van der Waals surface area contributed by atoms with Crippen molar-refractivity contribution in [1.82, 2.24) is 24.7 Å². The molecule has 30 heavy (non-hydrogen) atoms. The molecule has 0 saturated carbocycles. The number of benzene rings is 1. The number of nitrogens with zero attached hydrogens (tertiary/aromatic N) is 4. The minimum Gasteiger partial charge on any atom is -0.315 e. The Kier molecular flexibility index (Phi) is 7.05. The second kappa shape index (κ2) is 9.92. The van der Waals surface area contributed by atoms with E-state index in [0.29, 0.717) is 5.92 Å². The summed E-state index contributed by atoms with van der Waals surface area (Å²) < 4.78 is 2.26. The first kappa shape index (κ1) is 21.3. The molecule has 0 spiro atoms. The first-order chi connectivity index (χ1) is 14.6. The lowest BCUT2D eigenvalue weighted by Crippen LogP contribution is -2.40. The molecule has 0 aliphatic carbocycles. The SMILES string of the molecule is CN(C)CCCNCN1CCC(c2cn(-c3ccc(Cl)cc3)c3cnccc23)CC1. The van der Waals surface area contributed by atoms with Crippen LogP contribution < -0.4 is 5.32 Å². The first-order valence-electron chi connectivity index (χ1n) is 10.9. The van der Waals surface area contributed by atoms with Gasteiger partial charge in [-0.3, -0.25) is 9.88 Å². The summed E-state index contributed by atoms with van der Waals surface area (Å²) in [7, 11) is 4.26. The molecule has 1 saturated heterocycles. The minimum atomic E-state index is 0.591. The fraction of sp³-hybridized carbons (Fsp3) is 0.458. The molecule has 5 nitrogen and oxygen atoms in total. The number of pyridine rings is 1. The van der Waals surface area contributed by atoms with Gasteiger partial charge in [-0.2, -0.15) is 0 Å². The lowest BCUT2D eigenvalue weighted by Gasteiger charge is -2.32. The minimum absolute atomic E-state index is 0.591. The van der Waals surface area contributed by atoms with E-state index < -0.39 is 0 Å². The summed E-state index contributed by atoms with van der Waals surface area (Å²) in [4.78, 5) is 9.17. The summed E-state index contributed by atoms with van der Waals surface area (Å²) >= 11 is 6.09. The van der Waals surface area contributed by atoms with Gasteiger partial charge < -0.3 is 14.8 Å². The second-order valence-corrected chi connectivity index (χ2v) is 8.97. The molecule has 3 heterocycles. The monoisotopic (exact) mass is 425 g/mol. The Morgan fingerprint density at radius 3 is 2.63 bits per heavy atom. The van der Waals surface area contributed by atoms with Crippen molar-refractivity contribution in [2.24, 2.45) is 0 Å². The molecular formula is C24H32ClN5. The van der Waals surface area contributed by atoms with Crippen molar-refractivity contribution >= 4 is 22.5 Å². The number of fused-ring (bicyclic) bond motifs is 1. The highest BCUT2D eigenvalue weighted by Crippen LogP contribution is 2.35. The lowest BCUT2D eigenvalue weighted by molar-refractivity contribution is 0.197. The molecular weight excluding hydrogens is 394 g/mol. The summed E-state index contributed by atoms with van der Waals surface area (Å²) in [5, 5.41) is 5.68. The molecule has 0 atom stereocenters. The highest BCUT2D eigenvalue weighted by atomic mass is 35.5. The van der Waals surface area contributed by atoms with Gasteiger partial charge in [0.15, 0.2) is 0 Å². The molecule has 3 aromatic rings. The van der Waals surface area contributed by atoms with Crippen LogP contribution in [0.1, 0.15) is 30.7 Å². The van der Waals surface area contributed by atoms with E-state index in [1.807, 2.05) is 24.5 Å². The molecule has 6 heteroatoms. The normalized spacial score (nSPS) is 16.0. The number of likely N-dealkylation sites (tertiary alicyclic amines) is 1. The fourth-order valence-electron chi connectivity index (χ4n) is 4.40. The largest absolute Gasteiger partial charge is 0.315 e. The Labute approximate surface area is 184 Å². The van der Waals surface area contributed by atoms with Crippen molar-refractivity contribution in [3.05, 3.63) is 59.5 Å². The predicted molar refractivity (Wildman–Crippen MR) is 126 cm³/mol. The maximum absolute atomic E-state index is 6.09.